The van der Waals surface area contributed by atoms with Crippen LogP contribution in [0.25, 0.3) is 0 Å². The highest BCUT2D eigenvalue weighted by molar-refractivity contribution is 5.92. The van der Waals surface area contributed by atoms with Gasteiger partial charge in [0.1, 0.15) is 5.69 Å². The predicted molar refractivity (Wildman–Crippen MR) is 108 cm³/mol. The summed E-state index contributed by atoms with van der Waals surface area (Å²) in [5.41, 5.74) is 5.77. The molecular weight excluding hydrogens is 322 g/mol. The van der Waals surface area contributed by atoms with Crippen molar-refractivity contribution in [1.29, 1.82) is 0 Å². The summed E-state index contributed by atoms with van der Waals surface area (Å²) in [6, 6.07) is 11.9. The lowest BCUT2D eigenvalue weighted by atomic mass is 9.87. The summed E-state index contributed by atoms with van der Waals surface area (Å²) in [5.74, 6) is -0.307. The van der Waals surface area contributed by atoms with Crippen LogP contribution in [-0.4, -0.2) is 24.2 Å². The van der Waals surface area contributed by atoms with Gasteiger partial charge >= 0.3 is 0 Å². The van der Waals surface area contributed by atoms with Gasteiger partial charge in [0.15, 0.2) is 0 Å². The normalized spacial score (nSPS) is 13.0. The molecule has 0 fully saturated rings. The van der Waals surface area contributed by atoms with E-state index in [1.54, 1.807) is 13.1 Å². The second kappa shape index (κ2) is 9.09. The maximum atomic E-state index is 12.0. The molecule has 0 aliphatic rings. The lowest BCUT2D eigenvalue weighted by Crippen LogP contribution is -2.20. The second-order valence-electron chi connectivity index (χ2n) is 6.18. The lowest BCUT2D eigenvalue weighted by molar-refractivity contribution is 0.0958. The SMILES string of the molecule is C/C=C(\N=CCC)C(c1cccc(C(=O)NC)n1)c1cccc(C)c1C. The fraction of sp³-hybridized carbons (Fsp3) is 0.318. The molecule has 26 heavy (non-hydrogen) atoms. The summed E-state index contributed by atoms with van der Waals surface area (Å²) >= 11 is 0. The van der Waals surface area contributed by atoms with Gasteiger partial charge in [0.05, 0.1) is 11.6 Å². The molecule has 0 spiro atoms. The average molecular weight is 349 g/mol. The fourth-order valence-electron chi connectivity index (χ4n) is 2.94. The predicted octanol–water partition coefficient (Wildman–Crippen LogP) is 4.57. The molecule has 1 N–H and O–H groups in total. The third kappa shape index (κ3) is 4.26. The van der Waals surface area contributed by atoms with Crippen LogP contribution in [0, 0.1) is 13.8 Å². The number of allylic oxidation sites excluding steroid dienone is 2. The van der Waals surface area contributed by atoms with Crippen molar-refractivity contribution in [2.75, 3.05) is 7.05 Å². The molecule has 1 aromatic heterocycles. The molecule has 1 heterocycles. The van der Waals surface area contributed by atoms with Gasteiger partial charge in [-0.15, -0.1) is 0 Å². The van der Waals surface area contributed by atoms with Gasteiger partial charge in [-0.05, 0) is 56.0 Å². The third-order valence-corrected chi connectivity index (χ3v) is 4.50. The van der Waals surface area contributed by atoms with Crippen molar-refractivity contribution < 1.29 is 4.79 Å². The maximum absolute atomic E-state index is 12.0. The van der Waals surface area contributed by atoms with E-state index in [4.69, 9.17) is 0 Å². The molecule has 0 aliphatic carbocycles. The molecule has 1 amide bonds. The summed E-state index contributed by atoms with van der Waals surface area (Å²) in [5, 5.41) is 2.64. The Balaban J connectivity index is 2.67. The van der Waals surface area contributed by atoms with E-state index in [1.165, 1.54) is 11.1 Å². The molecule has 1 aromatic carbocycles. The van der Waals surface area contributed by atoms with Crippen LogP contribution in [0.5, 0.6) is 0 Å². The first-order chi connectivity index (χ1) is 12.5. The van der Waals surface area contributed by atoms with Crippen LogP contribution < -0.4 is 5.32 Å². The molecule has 4 heteroatoms. The van der Waals surface area contributed by atoms with E-state index >= 15 is 0 Å². The zero-order valence-electron chi connectivity index (χ0n) is 16.2. The van der Waals surface area contributed by atoms with Gasteiger partial charge in [0.25, 0.3) is 5.91 Å². The maximum Gasteiger partial charge on any atom is 0.269 e. The zero-order valence-corrected chi connectivity index (χ0v) is 16.2. The highest BCUT2D eigenvalue weighted by atomic mass is 16.1. The van der Waals surface area contributed by atoms with Crippen molar-refractivity contribution in [3.05, 3.63) is 76.2 Å². The minimum absolute atomic E-state index is 0.118. The number of pyridine rings is 1. The van der Waals surface area contributed by atoms with E-state index in [0.717, 1.165) is 23.4 Å². The molecule has 1 unspecified atom stereocenters. The summed E-state index contributed by atoms with van der Waals surface area (Å²) in [7, 11) is 1.61. The lowest BCUT2D eigenvalue weighted by Gasteiger charge is -2.21. The van der Waals surface area contributed by atoms with Gasteiger partial charge in [-0.2, -0.15) is 0 Å². The molecule has 0 aliphatic heterocycles. The number of hydrogen-bond acceptors (Lipinski definition) is 3. The Labute approximate surface area is 156 Å². The van der Waals surface area contributed by atoms with E-state index in [9.17, 15) is 4.79 Å². The monoisotopic (exact) mass is 349 g/mol. The second-order valence-corrected chi connectivity index (χ2v) is 6.18. The largest absolute Gasteiger partial charge is 0.354 e. The summed E-state index contributed by atoms with van der Waals surface area (Å²) in [6.45, 7) is 8.28. The molecular formula is C22H27N3O. The van der Waals surface area contributed by atoms with Crippen LogP contribution in [0.1, 0.15) is 59.1 Å². The van der Waals surface area contributed by atoms with E-state index < -0.39 is 0 Å². The van der Waals surface area contributed by atoms with Crippen molar-refractivity contribution in [3.63, 3.8) is 0 Å². The molecule has 0 radical (unpaired) electrons. The number of carbonyl (C=O) groups excluding carboxylic acids is 1. The molecule has 0 saturated heterocycles. The van der Waals surface area contributed by atoms with Gasteiger partial charge in [0, 0.05) is 19.0 Å². The van der Waals surface area contributed by atoms with E-state index in [0.29, 0.717) is 5.69 Å². The highest BCUT2D eigenvalue weighted by Crippen LogP contribution is 2.34. The first-order valence-electron chi connectivity index (χ1n) is 8.97. The Morgan fingerprint density at radius 1 is 1.23 bits per heavy atom. The Hall–Kier alpha value is -2.75. The van der Waals surface area contributed by atoms with E-state index in [2.05, 4.69) is 54.3 Å². The Morgan fingerprint density at radius 2 is 1.96 bits per heavy atom. The fourth-order valence-corrected chi connectivity index (χ4v) is 2.94. The molecule has 136 valence electrons. The van der Waals surface area contributed by atoms with E-state index in [1.807, 2.05) is 31.3 Å². The minimum atomic E-state index is -0.189. The molecule has 1 atom stereocenters. The number of nitrogens with zero attached hydrogens (tertiary/aromatic N) is 2. The van der Waals surface area contributed by atoms with Crippen LogP contribution in [0.3, 0.4) is 0 Å². The summed E-state index contributed by atoms with van der Waals surface area (Å²) in [6.07, 6.45) is 4.80. The standard InChI is InChI=1S/C22H27N3O/c1-6-14-24-18(7-2)21(17-11-8-10-15(3)16(17)4)19-12-9-13-20(25-19)22(26)23-5/h7-14,21H,6H2,1-5H3,(H,23,26)/b18-7-,24-14?. The molecule has 4 nitrogen and oxygen atoms in total. The zero-order chi connectivity index (χ0) is 19.1. The molecule has 0 saturated carbocycles. The van der Waals surface area contributed by atoms with Crippen molar-refractivity contribution in [2.45, 2.75) is 40.0 Å². The van der Waals surface area contributed by atoms with Crippen LogP contribution >= 0.6 is 0 Å². The van der Waals surface area contributed by atoms with E-state index in [-0.39, 0.29) is 11.8 Å². The summed E-state index contributed by atoms with van der Waals surface area (Å²) < 4.78 is 0. The number of amides is 1. The van der Waals surface area contributed by atoms with Crippen molar-refractivity contribution >= 4 is 12.1 Å². The van der Waals surface area contributed by atoms with Crippen LogP contribution in [0.15, 0.2) is 53.2 Å². The first-order valence-corrected chi connectivity index (χ1v) is 8.97. The molecule has 2 aromatic rings. The number of nitrogens with one attached hydrogen (secondary N) is 1. The van der Waals surface area contributed by atoms with Gasteiger partial charge < -0.3 is 5.32 Å². The van der Waals surface area contributed by atoms with Crippen molar-refractivity contribution in [3.8, 4) is 0 Å². The van der Waals surface area contributed by atoms with Gasteiger partial charge in [-0.25, -0.2) is 4.98 Å². The average Bonchev–Trinajstić information content (AvgIpc) is 2.67. The van der Waals surface area contributed by atoms with Crippen LogP contribution in [0.2, 0.25) is 0 Å². The van der Waals surface area contributed by atoms with Crippen molar-refractivity contribution in [2.24, 2.45) is 4.99 Å². The number of benzene rings is 1. The minimum Gasteiger partial charge on any atom is -0.354 e. The van der Waals surface area contributed by atoms with Crippen LogP contribution in [-0.2, 0) is 0 Å². The Bertz CT molecular complexity index is 837. The Kier molecular flexibility index (Phi) is 6.84. The summed E-state index contributed by atoms with van der Waals surface area (Å²) in [4.78, 5) is 21.4. The quantitative estimate of drug-likeness (QED) is 0.776. The van der Waals surface area contributed by atoms with Crippen molar-refractivity contribution in [1.82, 2.24) is 10.3 Å². The smallest absolute Gasteiger partial charge is 0.269 e. The van der Waals surface area contributed by atoms with Gasteiger partial charge in [-0.3, -0.25) is 9.79 Å². The number of aryl methyl sites for hydroxylation is 1. The highest BCUT2D eigenvalue weighted by Gasteiger charge is 2.23. The number of carbonyl (C=O) groups is 1. The topological polar surface area (TPSA) is 54.4 Å². The third-order valence-electron chi connectivity index (χ3n) is 4.50. The van der Waals surface area contributed by atoms with Gasteiger partial charge in [-0.1, -0.05) is 37.3 Å². The number of hydrogen-bond donors (Lipinski definition) is 1. The first kappa shape index (κ1) is 19.6. The molecule has 2 rings (SSSR count). The van der Waals surface area contributed by atoms with Gasteiger partial charge in [0.2, 0.25) is 0 Å². The number of aromatic nitrogens is 1. The van der Waals surface area contributed by atoms with Crippen LogP contribution in [0.4, 0.5) is 0 Å². The number of rotatable bonds is 6. The molecule has 0 bridgehead atoms. The number of aliphatic imine (C=N–C) groups is 1. The Morgan fingerprint density at radius 3 is 2.62 bits per heavy atom.